The smallest absolute Gasteiger partial charge is 0.338 e. The Bertz CT molecular complexity index is 362. The molecule has 2 aliphatic rings. The number of esters is 1. The van der Waals surface area contributed by atoms with E-state index >= 15 is 0 Å². The molecule has 0 radical (unpaired) electrons. The molecule has 0 aromatic rings. The van der Waals surface area contributed by atoms with Gasteiger partial charge in [-0.05, 0) is 20.8 Å². The van der Waals surface area contributed by atoms with Crippen LogP contribution in [0.4, 0.5) is 0 Å². The molecule has 2 fully saturated rings. The zero-order valence-corrected chi connectivity index (χ0v) is 11.0. The Labute approximate surface area is 106 Å². The van der Waals surface area contributed by atoms with Crippen molar-refractivity contribution in [1.82, 2.24) is 0 Å². The Hall–Kier alpha value is -1.11. The molecule has 6 heteroatoms. The van der Waals surface area contributed by atoms with E-state index in [1.807, 2.05) is 0 Å². The molecule has 6 nitrogen and oxygen atoms in total. The van der Waals surface area contributed by atoms with Gasteiger partial charge in [-0.3, -0.25) is 0 Å². The Kier molecular flexibility index (Phi) is 3.61. The van der Waals surface area contributed by atoms with Crippen molar-refractivity contribution < 1.29 is 28.5 Å². The van der Waals surface area contributed by atoms with Gasteiger partial charge in [-0.25, -0.2) is 4.79 Å². The standard InChI is InChI=1S/C12H18O6/c1-7(14-4)15-5-8-6-16-11(13)10-9(8)17-12(2,3)18-10/h5,7,9-10H,6H2,1-4H3/b8-5-/t7?,9-,10-/m1/s1. The van der Waals surface area contributed by atoms with Crippen LogP contribution >= 0.6 is 0 Å². The number of hydrogen-bond donors (Lipinski definition) is 0. The van der Waals surface area contributed by atoms with Gasteiger partial charge in [0.25, 0.3) is 0 Å². The third kappa shape index (κ3) is 2.66. The van der Waals surface area contributed by atoms with E-state index in [9.17, 15) is 4.79 Å². The van der Waals surface area contributed by atoms with Crippen molar-refractivity contribution in [3.63, 3.8) is 0 Å². The minimum atomic E-state index is -0.801. The van der Waals surface area contributed by atoms with Gasteiger partial charge in [0.05, 0.1) is 6.26 Å². The number of cyclic esters (lactones) is 1. The Balaban J connectivity index is 2.11. The van der Waals surface area contributed by atoms with E-state index < -0.39 is 24.0 Å². The van der Waals surface area contributed by atoms with Crippen molar-refractivity contribution in [2.75, 3.05) is 13.7 Å². The summed E-state index contributed by atoms with van der Waals surface area (Å²) in [6, 6.07) is 0. The fourth-order valence-corrected chi connectivity index (χ4v) is 1.86. The second kappa shape index (κ2) is 4.87. The monoisotopic (exact) mass is 258 g/mol. The van der Waals surface area contributed by atoms with E-state index in [0.29, 0.717) is 0 Å². The Morgan fingerprint density at radius 1 is 1.39 bits per heavy atom. The normalized spacial score (nSPS) is 34.0. The number of rotatable bonds is 3. The molecule has 0 aromatic carbocycles. The summed E-state index contributed by atoms with van der Waals surface area (Å²) >= 11 is 0. The molecule has 0 aliphatic carbocycles. The van der Waals surface area contributed by atoms with Gasteiger partial charge in [0.1, 0.15) is 12.7 Å². The first-order valence-corrected chi connectivity index (χ1v) is 5.82. The summed E-state index contributed by atoms with van der Waals surface area (Å²) in [6.07, 6.45) is -0.0288. The number of ether oxygens (including phenoxy) is 5. The molecule has 3 atom stereocenters. The van der Waals surface area contributed by atoms with Crippen LogP contribution in [0.5, 0.6) is 0 Å². The largest absolute Gasteiger partial charge is 0.473 e. The first-order chi connectivity index (χ1) is 8.43. The zero-order chi connectivity index (χ0) is 13.3. The number of carbonyl (C=O) groups is 1. The average molecular weight is 258 g/mol. The number of fused-ring (bicyclic) bond motifs is 1. The Morgan fingerprint density at radius 3 is 2.72 bits per heavy atom. The van der Waals surface area contributed by atoms with E-state index in [-0.39, 0.29) is 12.9 Å². The van der Waals surface area contributed by atoms with Crippen molar-refractivity contribution in [2.45, 2.75) is 45.1 Å². The zero-order valence-electron chi connectivity index (χ0n) is 11.0. The van der Waals surface area contributed by atoms with Gasteiger partial charge >= 0.3 is 5.97 Å². The van der Waals surface area contributed by atoms with Gasteiger partial charge < -0.3 is 23.7 Å². The molecule has 0 bridgehead atoms. The van der Waals surface area contributed by atoms with E-state index in [1.54, 1.807) is 27.9 Å². The highest BCUT2D eigenvalue weighted by molar-refractivity contribution is 5.78. The molecule has 0 saturated carbocycles. The fourth-order valence-electron chi connectivity index (χ4n) is 1.86. The molecule has 1 unspecified atom stereocenters. The quantitative estimate of drug-likeness (QED) is 0.427. The highest BCUT2D eigenvalue weighted by Crippen LogP contribution is 2.35. The SMILES string of the molecule is COC(C)O/C=C1/COC(=O)[C@@H]2OC(C)(C)O[C@H]12. The van der Waals surface area contributed by atoms with Crippen LogP contribution in [0.1, 0.15) is 20.8 Å². The molecule has 102 valence electrons. The molecule has 0 amide bonds. The molecule has 0 spiro atoms. The maximum atomic E-state index is 11.6. The van der Waals surface area contributed by atoms with Crippen LogP contribution in [-0.2, 0) is 28.5 Å². The molecule has 2 saturated heterocycles. The van der Waals surface area contributed by atoms with Crippen molar-refractivity contribution >= 4 is 5.97 Å². The summed E-state index contributed by atoms with van der Waals surface area (Å²) in [5.41, 5.74) is 0.731. The summed E-state index contributed by atoms with van der Waals surface area (Å²) in [6.45, 7) is 5.43. The summed E-state index contributed by atoms with van der Waals surface area (Å²) in [4.78, 5) is 11.6. The molecule has 2 rings (SSSR count). The lowest BCUT2D eigenvalue weighted by Crippen LogP contribution is -2.41. The summed E-state index contributed by atoms with van der Waals surface area (Å²) in [5, 5.41) is 0. The average Bonchev–Trinajstić information content (AvgIpc) is 2.64. The predicted octanol–water partition coefficient (Wildman–Crippen LogP) is 0.956. The highest BCUT2D eigenvalue weighted by atomic mass is 16.8. The minimum absolute atomic E-state index is 0.149. The van der Waals surface area contributed by atoms with Gasteiger partial charge in [0.2, 0.25) is 0 Å². The van der Waals surface area contributed by atoms with Crippen molar-refractivity contribution in [3.05, 3.63) is 11.8 Å². The van der Waals surface area contributed by atoms with Crippen molar-refractivity contribution in [3.8, 4) is 0 Å². The maximum absolute atomic E-state index is 11.6. The third-order valence-corrected chi connectivity index (χ3v) is 2.82. The summed E-state index contributed by atoms with van der Waals surface area (Å²) in [7, 11) is 1.55. The summed E-state index contributed by atoms with van der Waals surface area (Å²) < 4.78 is 26.5. The molecule has 0 aromatic heterocycles. The van der Waals surface area contributed by atoms with Crippen LogP contribution in [-0.4, -0.2) is 44.0 Å². The lowest BCUT2D eigenvalue weighted by Gasteiger charge is -2.24. The Morgan fingerprint density at radius 2 is 2.06 bits per heavy atom. The number of methoxy groups -OCH3 is 1. The van der Waals surface area contributed by atoms with E-state index in [2.05, 4.69) is 0 Å². The van der Waals surface area contributed by atoms with Crippen LogP contribution < -0.4 is 0 Å². The molecule has 18 heavy (non-hydrogen) atoms. The van der Waals surface area contributed by atoms with Gasteiger partial charge in [0.15, 0.2) is 18.2 Å². The van der Waals surface area contributed by atoms with Crippen LogP contribution in [0.15, 0.2) is 11.8 Å². The lowest BCUT2D eigenvalue weighted by atomic mass is 10.0. The topological polar surface area (TPSA) is 63.2 Å². The van der Waals surface area contributed by atoms with Gasteiger partial charge in [0, 0.05) is 12.7 Å². The van der Waals surface area contributed by atoms with Gasteiger partial charge in [-0.15, -0.1) is 0 Å². The van der Waals surface area contributed by atoms with Crippen LogP contribution in [0, 0.1) is 0 Å². The molecule has 2 heterocycles. The third-order valence-electron chi connectivity index (χ3n) is 2.82. The van der Waals surface area contributed by atoms with Gasteiger partial charge in [-0.2, -0.15) is 0 Å². The number of hydrogen-bond acceptors (Lipinski definition) is 6. The second-order valence-corrected chi connectivity index (χ2v) is 4.72. The molecule has 0 N–H and O–H groups in total. The van der Waals surface area contributed by atoms with Crippen LogP contribution in [0.3, 0.4) is 0 Å². The first-order valence-electron chi connectivity index (χ1n) is 5.82. The van der Waals surface area contributed by atoms with Crippen molar-refractivity contribution in [2.24, 2.45) is 0 Å². The second-order valence-electron chi connectivity index (χ2n) is 4.72. The molecule has 2 aliphatic heterocycles. The highest BCUT2D eigenvalue weighted by Gasteiger charge is 2.50. The lowest BCUT2D eigenvalue weighted by molar-refractivity contribution is -0.168. The van der Waals surface area contributed by atoms with Gasteiger partial charge in [-0.1, -0.05) is 0 Å². The predicted molar refractivity (Wildman–Crippen MR) is 60.4 cm³/mol. The fraction of sp³-hybridized carbons (Fsp3) is 0.750. The van der Waals surface area contributed by atoms with E-state index in [1.165, 1.54) is 6.26 Å². The molecular formula is C12H18O6. The van der Waals surface area contributed by atoms with E-state index in [4.69, 9.17) is 23.7 Å². The van der Waals surface area contributed by atoms with E-state index in [0.717, 1.165) is 5.57 Å². The van der Waals surface area contributed by atoms with Crippen LogP contribution in [0.25, 0.3) is 0 Å². The first kappa shape index (κ1) is 13.3. The summed E-state index contributed by atoms with van der Waals surface area (Å²) in [5.74, 6) is -1.20. The maximum Gasteiger partial charge on any atom is 0.338 e. The van der Waals surface area contributed by atoms with Crippen LogP contribution in [0.2, 0.25) is 0 Å². The number of carbonyl (C=O) groups excluding carboxylic acids is 1. The molecular weight excluding hydrogens is 240 g/mol. The van der Waals surface area contributed by atoms with Crippen molar-refractivity contribution in [1.29, 1.82) is 0 Å². The minimum Gasteiger partial charge on any atom is -0.473 e.